The topological polar surface area (TPSA) is 78.5 Å². The van der Waals surface area contributed by atoms with Gasteiger partial charge >= 0.3 is 0 Å². The van der Waals surface area contributed by atoms with Crippen LogP contribution in [0.15, 0.2) is 48.5 Å². The second kappa shape index (κ2) is 6.76. The summed E-state index contributed by atoms with van der Waals surface area (Å²) in [6, 6.07) is 12.9. The summed E-state index contributed by atoms with van der Waals surface area (Å²) in [6.07, 6.45) is 0. The van der Waals surface area contributed by atoms with Gasteiger partial charge < -0.3 is 20.0 Å². The van der Waals surface area contributed by atoms with Crippen LogP contribution < -0.4 is 15.2 Å². The predicted molar refractivity (Wildman–Crippen MR) is 76.3 cm³/mol. The molecule has 2 aromatic carbocycles. The molecule has 0 atom stereocenters. The molecule has 0 fully saturated rings. The monoisotopic (exact) mass is 304 g/mol. The largest absolute Gasteiger partial charge is 0.546 e. The van der Waals surface area contributed by atoms with Crippen molar-refractivity contribution in [2.45, 2.75) is 0 Å². The smallest absolute Gasteiger partial charge is 0.255 e. The van der Waals surface area contributed by atoms with Crippen molar-refractivity contribution in [3.63, 3.8) is 0 Å². The van der Waals surface area contributed by atoms with Gasteiger partial charge in [0.05, 0.1) is 5.97 Å². The van der Waals surface area contributed by atoms with Crippen LogP contribution in [-0.4, -0.2) is 18.5 Å². The Morgan fingerprint density at radius 2 is 1.86 bits per heavy atom. The first kappa shape index (κ1) is 14.9. The SMILES string of the molecule is O=C([O-])COc1cccc(NC(=O)c2ccc(Cl)cc2)c1. The van der Waals surface area contributed by atoms with Crippen LogP contribution in [0.3, 0.4) is 0 Å². The van der Waals surface area contributed by atoms with Crippen LogP contribution in [0.2, 0.25) is 5.02 Å². The van der Waals surface area contributed by atoms with E-state index in [0.29, 0.717) is 22.0 Å². The normalized spacial score (nSPS) is 9.95. The Balaban J connectivity index is 2.05. The zero-order chi connectivity index (χ0) is 15.2. The number of amides is 1. The molecule has 0 aliphatic heterocycles. The van der Waals surface area contributed by atoms with E-state index >= 15 is 0 Å². The number of carboxylic acid groups (broad SMARTS) is 1. The summed E-state index contributed by atoms with van der Waals surface area (Å²) < 4.78 is 4.98. The molecular weight excluding hydrogens is 294 g/mol. The highest BCUT2D eigenvalue weighted by Gasteiger charge is 2.06. The molecule has 0 saturated carbocycles. The maximum atomic E-state index is 12.0. The molecule has 0 unspecified atom stereocenters. The number of halogens is 1. The third kappa shape index (κ3) is 4.50. The molecule has 108 valence electrons. The highest BCUT2D eigenvalue weighted by molar-refractivity contribution is 6.30. The van der Waals surface area contributed by atoms with Crippen molar-refractivity contribution >= 4 is 29.2 Å². The van der Waals surface area contributed by atoms with Crippen molar-refractivity contribution in [1.29, 1.82) is 0 Å². The number of anilines is 1. The lowest BCUT2D eigenvalue weighted by Crippen LogP contribution is -2.28. The lowest BCUT2D eigenvalue weighted by Gasteiger charge is -2.09. The summed E-state index contributed by atoms with van der Waals surface area (Å²) in [5.41, 5.74) is 0.950. The molecule has 0 aromatic heterocycles. The Bertz CT molecular complexity index is 655. The summed E-state index contributed by atoms with van der Waals surface area (Å²) in [5, 5.41) is 13.6. The maximum absolute atomic E-state index is 12.0. The van der Waals surface area contributed by atoms with Crippen molar-refractivity contribution in [2.75, 3.05) is 11.9 Å². The van der Waals surface area contributed by atoms with Gasteiger partial charge in [-0.05, 0) is 36.4 Å². The highest BCUT2D eigenvalue weighted by Crippen LogP contribution is 2.18. The third-order valence-electron chi connectivity index (χ3n) is 2.56. The van der Waals surface area contributed by atoms with Gasteiger partial charge in [0, 0.05) is 22.3 Å². The Labute approximate surface area is 126 Å². The van der Waals surface area contributed by atoms with Crippen LogP contribution >= 0.6 is 11.6 Å². The zero-order valence-electron chi connectivity index (χ0n) is 10.8. The quantitative estimate of drug-likeness (QED) is 0.912. The lowest BCUT2D eigenvalue weighted by molar-refractivity contribution is -0.307. The molecule has 1 N–H and O–H groups in total. The maximum Gasteiger partial charge on any atom is 0.255 e. The number of benzene rings is 2. The molecule has 5 nitrogen and oxygen atoms in total. The Kier molecular flexibility index (Phi) is 4.79. The van der Waals surface area contributed by atoms with Gasteiger partial charge in [-0.25, -0.2) is 0 Å². The van der Waals surface area contributed by atoms with Crippen LogP contribution in [0.5, 0.6) is 5.75 Å². The average molecular weight is 305 g/mol. The number of nitrogens with one attached hydrogen (secondary N) is 1. The second-order valence-electron chi connectivity index (χ2n) is 4.15. The van der Waals surface area contributed by atoms with Crippen molar-refractivity contribution in [3.8, 4) is 5.75 Å². The third-order valence-corrected chi connectivity index (χ3v) is 2.81. The number of carbonyl (C=O) groups is 2. The minimum Gasteiger partial charge on any atom is -0.546 e. The van der Waals surface area contributed by atoms with E-state index in [2.05, 4.69) is 5.32 Å². The van der Waals surface area contributed by atoms with Gasteiger partial charge in [0.2, 0.25) is 0 Å². The zero-order valence-corrected chi connectivity index (χ0v) is 11.6. The molecule has 2 rings (SSSR count). The number of carbonyl (C=O) groups excluding carboxylic acids is 2. The van der Waals surface area contributed by atoms with E-state index in [1.165, 1.54) is 6.07 Å². The summed E-state index contributed by atoms with van der Waals surface area (Å²) in [6.45, 7) is -0.547. The highest BCUT2D eigenvalue weighted by atomic mass is 35.5. The summed E-state index contributed by atoms with van der Waals surface area (Å²) in [7, 11) is 0. The number of aliphatic carboxylic acids is 1. The minimum absolute atomic E-state index is 0.302. The van der Waals surface area contributed by atoms with Crippen LogP contribution in [0, 0.1) is 0 Å². The minimum atomic E-state index is -1.31. The second-order valence-corrected chi connectivity index (χ2v) is 4.59. The summed E-state index contributed by atoms with van der Waals surface area (Å²) in [4.78, 5) is 22.3. The van der Waals surface area contributed by atoms with E-state index in [9.17, 15) is 14.7 Å². The number of hydrogen-bond acceptors (Lipinski definition) is 4. The van der Waals surface area contributed by atoms with Crippen LogP contribution in [-0.2, 0) is 4.79 Å². The molecule has 1 amide bonds. The Hall–Kier alpha value is -2.53. The average Bonchev–Trinajstić information content (AvgIpc) is 2.46. The van der Waals surface area contributed by atoms with E-state index in [-0.39, 0.29) is 5.91 Å². The standard InChI is InChI=1S/C15H12ClNO4/c16-11-6-4-10(5-7-11)15(20)17-12-2-1-3-13(8-12)21-9-14(18)19/h1-8H,9H2,(H,17,20)(H,18,19)/p-1. The molecule has 6 heteroatoms. The van der Waals surface area contributed by atoms with Crippen LogP contribution in [0.4, 0.5) is 5.69 Å². The molecular formula is C15H11ClNO4-. The van der Waals surface area contributed by atoms with Crippen LogP contribution in [0.1, 0.15) is 10.4 Å². The Morgan fingerprint density at radius 3 is 2.52 bits per heavy atom. The van der Waals surface area contributed by atoms with Crippen molar-refractivity contribution in [3.05, 3.63) is 59.1 Å². The number of ether oxygens (including phenoxy) is 1. The lowest BCUT2D eigenvalue weighted by atomic mass is 10.2. The fourth-order valence-corrected chi connectivity index (χ4v) is 1.74. The first-order valence-corrected chi connectivity index (χ1v) is 6.42. The number of carboxylic acids is 1. The van der Waals surface area contributed by atoms with E-state index in [1.54, 1.807) is 42.5 Å². The van der Waals surface area contributed by atoms with Gasteiger partial charge in [-0.3, -0.25) is 4.79 Å². The van der Waals surface area contributed by atoms with Crippen LogP contribution in [0.25, 0.3) is 0 Å². The van der Waals surface area contributed by atoms with Gasteiger partial charge in [-0.2, -0.15) is 0 Å². The summed E-state index contributed by atoms with van der Waals surface area (Å²) in [5.74, 6) is -1.29. The van der Waals surface area contributed by atoms with Gasteiger partial charge in [0.25, 0.3) is 5.91 Å². The van der Waals surface area contributed by atoms with E-state index in [4.69, 9.17) is 16.3 Å². The van der Waals surface area contributed by atoms with Gasteiger partial charge in [-0.15, -0.1) is 0 Å². The molecule has 0 aliphatic carbocycles. The Morgan fingerprint density at radius 1 is 1.14 bits per heavy atom. The van der Waals surface area contributed by atoms with Gasteiger partial charge in [-0.1, -0.05) is 17.7 Å². The van der Waals surface area contributed by atoms with Crippen molar-refractivity contribution in [2.24, 2.45) is 0 Å². The van der Waals surface area contributed by atoms with E-state index in [0.717, 1.165) is 0 Å². The van der Waals surface area contributed by atoms with Crippen molar-refractivity contribution in [1.82, 2.24) is 0 Å². The molecule has 0 aliphatic rings. The molecule has 0 radical (unpaired) electrons. The van der Waals surface area contributed by atoms with Crippen molar-refractivity contribution < 1.29 is 19.4 Å². The van der Waals surface area contributed by atoms with E-state index < -0.39 is 12.6 Å². The summed E-state index contributed by atoms with van der Waals surface area (Å²) >= 11 is 5.76. The van der Waals surface area contributed by atoms with Gasteiger partial charge in [0.1, 0.15) is 12.4 Å². The first-order valence-electron chi connectivity index (χ1n) is 6.04. The molecule has 0 heterocycles. The first-order chi connectivity index (χ1) is 10.0. The van der Waals surface area contributed by atoms with E-state index in [1.807, 2.05) is 0 Å². The predicted octanol–water partition coefficient (Wildman–Crippen LogP) is 1.72. The molecule has 0 spiro atoms. The number of rotatable bonds is 5. The fraction of sp³-hybridized carbons (Fsp3) is 0.0667. The molecule has 0 bridgehead atoms. The fourth-order valence-electron chi connectivity index (χ4n) is 1.61. The number of hydrogen-bond donors (Lipinski definition) is 1. The van der Waals surface area contributed by atoms with Gasteiger partial charge in [0.15, 0.2) is 0 Å². The molecule has 0 saturated heterocycles. The molecule has 21 heavy (non-hydrogen) atoms. The molecule has 2 aromatic rings.